The number of carboxylic acids is 1. The average molecular weight is 287 g/mol. The zero-order valence-electron chi connectivity index (χ0n) is 11.4. The van der Waals surface area contributed by atoms with E-state index in [-0.39, 0.29) is 31.0 Å². The van der Waals surface area contributed by atoms with Crippen molar-refractivity contribution >= 4 is 17.6 Å². The molecule has 1 aliphatic rings. The minimum Gasteiger partial charge on any atom is -0.495 e. The second kappa shape index (κ2) is 6.05. The normalized spacial score (nSPS) is 14.4. The molecule has 2 rings (SSSR count). The van der Waals surface area contributed by atoms with Crippen molar-refractivity contribution in [1.82, 2.24) is 5.01 Å². The van der Waals surface area contributed by atoms with Crippen LogP contribution < -0.4 is 4.74 Å². The van der Waals surface area contributed by atoms with Gasteiger partial charge in [0.05, 0.1) is 19.2 Å². The molecule has 1 amide bonds. The highest BCUT2D eigenvalue weighted by atomic mass is 16.5. The van der Waals surface area contributed by atoms with Gasteiger partial charge in [0.25, 0.3) is 0 Å². The van der Waals surface area contributed by atoms with Crippen molar-refractivity contribution in [2.24, 2.45) is 5.10 Å². The number of aliphatic carboxylic acids is 1. The molecule has 1 N–H and O–H groups in total. The third-order valence-electron chi connectivity index (χ3n) is 3.07. The van der Waals surface area contributed by atoms with Crippen LogP contribution in [0.4, 0.5) is 0 Å². The van der Waals surface area contributed by atoms with Crippen LogP contribution in [0, 0.1) is 11.3 Å². The van der Waals surface area contributed by atoms with Crippen LogP contribution in [-0.2, 0) is 16.1 Å². The zero-order chi connectivity index (χ0) is 15.4. The lowest BCUT2D eigenvalue weighted by Crippen LogP contribution is -2.33. The molecule has 0 fully saturated rings. The quantitative estimate of drug-likeness (QED) is 0.894. The van der Waals surface area contributed by atoms with E-state index in [9.17, 15) is 9.59 Å². The van der Waals surface area contributed by atoms with Gasteiger partial charge in [0, 0.05) is 12.8 Å². The summed E-state index contributed by atoms with van der Waals surface area (Å²) in [7, 11) is 1.47. The van der Waals surface area contributed by atoms with Crippen molar-refractivity contribution in [2.75, 3.05) is 7.11 Å². The lowest BCUT2D eigenvalue weighted by Gasteiger charge is -2.22. The van der Waals surface area contributed by atoms with Gasteiger partial charge >= 0.3 is 5.97 Å². The van der Waals surface area contributed by atoms with E-state index < -0.39 is 5.97 Å². The van der Waals surface area contributed by atoms with Gasteiger partial charge in [0.1, 0.15) is 17.5 Å². The molecule has 21 heavy (non-hydrogen) atoms. The van der Waals surface area contributed by atoms with Gasteiger partial charge in [-0.1, -0.05) is 6.07 Å². The van der Waals surface area contributed by atoms with Gasteiger partial charge in [-0.05, 0) is 17.7 Å². The van der Waals surface area contributed by atoms with Crippen molar-refractivity contribution < 1.29 is 19.4 Å². The van der Waals surface area contributed by atoms with E-state index in [1.165, 1.54) is 7.11 Å². The van der Waals surface area contributed by atoms with Gasteiger partial charge < -0.3 is 9.84 Å². The number of hydrogen-bond donors (Lipinski definition) is 1. The van der Waals surface area contributed by atoms with Gasteiger partial charge in [0.2, 0.25) is 5.91 Å². The SMILES string of the molecule is COc1ccc(CN2N=C(C(=O)O)CCC2=O)cc1C#N. The summed E-state index contributed by atoms with van der Waals surface area (Å²) in [4.78, 5) is 22.7. The van der Waals surface area contributed by atoms with E-state index in [0.29, 0.717) is 16.9 Å². The Labute approximate surface area is 121 Å². The van der Waals surface area contributed by atoms with E-state index in [1.54, 1.807) is 18.2 Å². The van der Waals surface area contributed by atoms with Crippen LogP contribution >= 0.6 is 0 Å². The number of ether oxygens (including phenoxy) is 1. The first-order valence-corrected chi connectivity index (χ1v) is 6.23. The van der Waals surface area contributed by atoms with Gasteiger partial charge in [-0.2, -0.15) is 10.4 Å². The fourth-order valence-electron chi connectivity index (χ4n) is 1.99. The number of benzene rings is 1. The smallest absolute Gasteiger partial charge is 0.352 e. The van der Waals surface area contributed by atoms with Crippen LogP contribution in [-0.4, -0.2) is 34.8 Å². The summed E-state index contributed by atoms with van der Waals surface area (Å²) >= 11 is 0. The Bertz CT molecular complexity index is 661. The van der Waals surface area contributed by atoms with Crippen LogP contribution in [0.2, 0.25) is 0 Å². The van der Waals surface area contributed by atoms with Gasteiger partial charge in [-0.15, -0.1) is 0 Å². The Morgan fingerprint density at radius 1 is 1.52 bits per heavy atom. The Morgan fingerprint density at radius 2 is 2.29 bits per heavy atom. The summed E-state index contributed by atoms with van der Waals surface area (Å²) in [5, 5.41) is 22.9. The molecule has 0 unspecified atom stereocenters. The number of carbonyl (C=O) groups excluding carboxylic acids is 1. The predicted octanol–water partition coefficient (Wildman–Crippen LogP) is 1.13. The second-order valence-electron chi connectivity index (χ2n) is 4.45. The summed E-state index contributed by atoms with van der Waals surface area (Å²) in [6, 6.07) is 6.93. The molecule has 1 aromatic rings. The van der Waals surface area contributed by atoms with Crippen LogP contribution in [0.1, 0.15) is 24.0 Å². The van der Waals surface area contributed by atoms with Crippen LogP contribution in [0.5, 0.6) is 5.75 Å². The van der Waals surface area contributed by atoms with Crippen molar-refractivity contribution in [3.8, 4) is 11.8 Å². The standard InChI is InChI=1S/C14H13N3O4/c1-21-12-4-2-9(6-10(12)7-15)8-17-13(18)5-3-11(16-17)14(19)20/h2,4,6H,3,5,8H2,1H3,(H,19,20). The lowest BCUT2D eigenvalue weighted by molar-refractivity contribution is -0.133. The Morgan fingerprint density at radius 3 is 2.90 bits per heavy atom. The van der Waals surface area contributed by atoms with Gasteiger partial charge in [-0.3, -0.25) is 4.79 Å². The van der Waals surface area contributed by atoms with Crippen molar-refractivity contribution in [3.05, 3.63) is 29.3 Å². The minimum absolute atomic E-state index is 0.0383. The first-order chi connectivity index (χ1) is 10.0. The number of carboxylic acid groups (broad SMARTS) is 1. The van der Waals surface area contributed by atoms with Crippen molar-refractivity contribution in [3.63, 3.8) is 0 Å². The van der Waals surface area contributed by atoms with E-state index in [1.807, 2.05) is 6.07 Å². The summed E-state index contributed by atoms with van der Waals surface area (Å²) < 4.78 is 5.04. The molecule has 7 heteroatoms. The number of nitriles is 1. The topological polar surface area (TPSA) is 103 Å². The molecule has 0 radical (unpaired) electrons. The predicted molar refractivity (Wildman–Crippen MR) is 72.6 cm³/mol. The number of amides is 1. The molecule has 0 spiro atoms. The molecule has 7 nitrogen and oxygen atoms in total. The Hall–Kier alpha value is -2.88. The Balaban J connectivity index is 2.25. The highest BCUT2D eigenvalue weighted by molar-refractivity contribution is 6.36. The number of hydrogen-bond acceptors (Lipinski definition) is 5. The maximum atomic E-state index is 11.8. The van der Waals surface area contributed by atoms with Crippen molar-refractivity contribution in [1.29, 1.82) is 5.26 Å². The van der Waals surface area contributed by atoms with E-state index in [4.69, 9.17) is 15.1 Å². The van der Waals surface area contributed by atoms with E-state index in [2.05, 4.69) is 5.10 Å². The third-order valence-corrected chi connectivity index (χ3v) is 3.07. The molecule has 0 saturated carbocycles. The average Bonchev–Trinajstić information content (AvgIpc) is 2.49. The molecule has 0 aromatic heterocycles. The largest absolute Gasteiger partial charge is 0.495 e. The molecule has 0 aliphatic carbocycles. The number of hydrazone groups is 1. The maximum Gasteiger partial charge on any atom is 0.352 e. The van der Waals surface area contributed by atoms with Crippen LogP contribution in [0.25, 0.3) is 0 Å². The number of nitrogens with zero attached hydrogens (tertiary/aromatic N) is 3. The number of methoxy groups -OCH3 is 1. The van der Waals surface area contributed by atoms with Gasteiger partial charge in [0.15, 0.2) is 0 Å². The lowest BCUT2D eigenvalue weighted by atomic mass is 10.1. The highest BCUT2D eigenvalue weighted by Gasteiger charge is 2.24. The monoisotopic (exact) mass is 287 g/mol. The zero-order valence-corrected chi connectivity index (χ0v) is 11.4. The molecule has 1 aromatic carbocycles. The second-order valence-corrected chi connectivity index (χ2v) is 4.45. The van der Waals surface area contributed by atoms with E-state index in [0.717, 1.165) is 5.01 Å². The minimum atomic E-state index is -1.13. The number of carbonyl (C=O) groups is 2. The molecular weight excluding hydrogens is 274 g/mol. The molecule has 0 saturated heterocycles. The molecule has 0 atom stereocenters. The number of rotatable bonds is 4. The van der Waals surface area contributed by atoms with Crippen LogP contribution in [0.3, 0.4) is 0 Å². The van der Waals surface area contributed by atoms with E-state index >= 15 is 0 Å². The molecule has 108 valence electrons. The molecule has 0 bridgehead atoms. The van der Waals surface area contributed by atoms with Gasteiger partial charge in [-0.25, -0.2) is 9.80 Å². The first-order valence-electron chi connectivity index (χ1n) is 6.23. The fourth-order valence-corrected chi connectivity index (χ4v) is 1.99. The highest BCUT2D eigenvalue weighted by Crippen LogP contribution is 2.21. The fraction of sp³-hybridized carbons (Fsp3) is 0.286. The summed E-state index contributed by atoms with van der Waals surface area (Å²) in [6.07, 6.45) is 0.253. The summed E-state index contributed by atoms with van der Waals surface area (Å²) in [5.41, 5.74) is 0.988. The van der Waals surface area contributed by atoms with Crippen molar-refractivity contribution in [2.45, 2.75) is 19.4 Å². The summed E-state index contributed by atoms with van der Waals surface area (Å²) in [5.74, 6) is -0.921. The first kappa shape index (κ1) is 14.5. The van der Waals surface area contributed by atoms with Crippen LogP contribution in [0.15, 0.2) is 23.3 Å². The third kappa shape index (κ3) is 3.17. The molecular formula is C14H13N3O4. The summed E-state index contributed by atoms with van der Waals surface area (Å²) in [6.45, 7) is 0.119. The maximum absolute atomic E-state index is 11.8. The molecule has 1 heterocycles. The Kier molecular flexibility index (Phi) is 4.18. The molecule has 1 aliphatic heterocycles.